The average molecular weight is 245 g/mol. The molecular formula is C12H11ClF2O. The number of hydrogen-bond donors (Lipinski definition) is 0. The second kappa shape index (κ2) is 4.74. The van der Waals surface area contributed by atoms with E-state index in [1.165, 1.54) is 6.08 Å². The topological polar surface area (TPSA) is 17.1 Å². The number of carbonyl (C=O) groups is 1. The molecule has 0 bridgehead atoms. The summed E-state index contributed by atoms with van der Waals surface area (Å²) in [6.45, 7) is 3.77. The zero-order valence-electron chi connectivity index (χ0n) is 8.93. The van der Waals surface area contributed by atoms with Crippen LogP contribution in [0, 0.1) is 13.8 Å². The minimum Gasteiger partial charge on any atom is -0.287 e. The van der Waals surface area contributed by atoms with E-state index in [0.29, 0.717) is 0 Å². The van der Waals surface area contributed by atoms with E-state index in [4.69, 9.17) is 0 Å². The molecule has 0 heterocycles. The molecule has 0 aliphatic carbocycles. The van der Waals surface area contributed by atoms with Gasteiger partial charge in [0.25, 0.3) is 0 Å². The summed E-state index contributed by atoms with van der Waals surface area (Å²) < 4.78 is 24.7. The van der Waals surface area contributed by atoms with Gasteiger partial charge in [-0.15, -0.1) is 0 Å². The summed E-state index contributed by atoms with van der Waals surface area (Å²) in [6.07, 6.45) is 2.14. The van der Waals surface area contributed by atoms with Crippen LogP contribution in [0.5, 0.6) is 0 Å². The highest BCUT2D eigenvalue weighted by Gasteiger charge is 2.33. The Labute approximate surface area is 97.7 Å². The van der Waals surface area contributed by atoms with Crippen LogP contribution in [-0.4, -0.2) is 11.2 Å². The lowest BCUT2D eigenvalue weighted by molar-refractivity contribution is -0.128. The second-order valence-electron chi connectivity index (χ2n) is 3.56. The number of hydrogen-bond acceptors (Lipinski definition) is 1. The third-order valence-electron chi connectivity index (χ3n) is 2.12. The fourth-order valence-corrected chi connectivity index (χ4v) is 1.34. The van der Waals surface area contributed by atoms with Crippen LogP contribution in [0.15, 0.2) is 24.3 Å². The first-order chi connectivity index (χ1) is 7.30. The predicted molar refractivity (Wildman–Crippen MR) is 60.8 cm³/mol. The van der Waals surface area contributed by atoms with Crippen LogP contribution in [0.4, 0.5) is 8.78 Å². The maximum absolute atomic E-state index is 12.3. The molecule has 86 valence electrons. The van der Waals surface area contributed by atoms with Crippen molar-refractivity contribution in [3.05, 3.63) is 41.0 Å². The zero-order chi connectivity index (χ0) is 12.3. The summed E-state index contributed by atoms with van der Waals surface area (Å²) in [7, 11) is 0. The van der Waals surface area contributed by atoms with E-state index in [1.807, 2.05) is 26.0 Å². The van der Waals surface area contributed by atoms with Gasteiger partial charge >= 0.3 is 5.38 Å². The van der Waals surface area contributed by atoms with Crippen molar-refractivity contribution in [3.63, 3.8) is 0 Å². The second-order valence-corrected chi connectivity index (χ2v) is 4.03. The van der Waals surface area contributed by atoms with Crippen molar-refractivity contribution in [3.8, 4) is 0 Å². The third kappa shape index (κ3) is 3.42. The molecule has 1 aromatic carbocycles. The van der Waals surface area contributed by atoms with Gasteiger partial charge in [-0.1, -0.05) is 29.8 Å². The van der Waals surface area contributed by atoms with Crippen LogP contribution in [0.1, 0.15) is 16.7 Å². The van der Waals surface area contributed by atoms with E-state index in [9.17, 15) is 13.6 Å². The lowest BCUT2D eigenvalue weighted by Gasteiger charge is -2.03. The molecule has 0 aliphatic rings. The molecule has 0 atom stereocenters. The Morgan fingerprint density at radius 2 is 2.00 bits per heavy atom. The Bertz CT molecular complexity index is 433. The van der Waals surface area contributed by atoms with Crippen molar-refractivity contribution < 1.29 is 13.6 Å². The first kappa shape index (κ1) is 12.8. The van der Waals surface area contributed by atoms with Gasteiger partial charge in [-0.25, -0.2) is 0 Å². The van der Waals surface area contributed by atoms with Gasteiger partial charge in [-0.3, -0.25) is 4.79 Å². The van der Waals surface area contributed by atoms with E-state index in [0.717, 1.165) is 22.8 Å². The smallest absolute Gasteiger partial charge is 0.287 e. The number of aryl methyl sites for hydroxylation is 2. The Morgan fingerprint density at radius 1 is 1.38 bits per heavy atom. The average Bonchev–Trinajstić information content (AvgIpc) is 2.14. The van der Waals surface area contributed by atoms with Crippen LogP contribution in [0.25, 0.3) is 6.08 Å². The molecule has 0 spiro atoms. The first-order valence-electron chi connectivity index (χ1n) is 4.67. The van der Waals surface area contributed by atoms with Crippen LogP contribution >= 0.6 is 11.6 Å². The summed E-state index contributed by atoms with van der Waals surface area (Å²) >= 11 is 4.58. The fourth-order valence-electron chi connectivity index (χ4n) is 1.27. The van der Waals surface area contributed by atoms with Gasteiger partial charge in [0.1, 0.15) is 0 Å². The highest BCUT2D eigenvalue weighted by Crippen LogP contribution is 2.21. The van der Waals surface area contributed by atoms with Crippen molar-refractivity contribution in [2.75, 3.05) is 0 Å². The number of rotatable bonds is 3. The third-order valence-corrected chi connectivity index (χ3v) is 2.31. The van der Waals surface area contributed by atoms with Gasteiger partial charge in [0, 0.05) is 0 Å². The highest BCUT2D eigenvalue weighted by atomic mass is 35.5. The van der Waals surface area contributed by atoms with Crippen molar-refractivity contribution in [2.45, 2.75) is 19.2 Å². The molecule has 0 aromatic heterocycles. The molecule has 1 rings (SSSR count). The lowest BCUT2D eigenvalue weighted by Crippen LogP contribution is -2.18. The van der Waals surface area contributed by atoms with Gasteiger partial charge in [0.05, 0.1) is 0 Å². The summed E-state index contributed by atoms with van der Waals surface area (Å²) in [6, 6.07) is 5.51. The molecule has 0 amide bonds. The summed E-state index contributed by atoms with van der Waals surface area (Å²) in [5.74, 6) is -1.41. The first-order valence-corrected chi connectivity index (χ1v) is 5.05. The number of benzene rings is 1. The molecule has 0 saturated carbocycles. The van der Waals surface area contributed by atoms with Crippen LogP contribution in [0.2, 0.25) is 0 Å². The Balaban J connectivity index is 2.89. The van der Waals surface area contributed by atoms with Gasteiger partial charge in [0.15, 0.2) is 0 Å². The largest absolute Gasteiger partial charge is 0.384 e. The van der Waals surface area contributed by atoms with Crippen molar-refractivity contribution in [1.29, 1.82) is 0 Å². The molecule has 4 heteroatoms. The summed E-state index contributed by atoms with van der Waals surface area (Å²) in [4.78, 5) is 10.8. The standard InChI is InChI=1S/C12H11ClF2O/c1-8-3-4-10(9(2)7-8)5-6-11(16)12(13,14)15/h3-7H,1-2H3/b6-5+. The summed E-state index contributed by atoms with van der Waals surface area (Å²) in [5, 5.41) is -3.82. The Morgan fingerprint density at radius 3 is 2.50 bits per heavy atom. The molecule has 0 aliphatic heterocycles. The molecule has 1 aromatic rings. The van der Waals surface area contributed by atoms with Crippen molar-refractivity contribution >= 4 is 23.5 Å². The monoisotopic (exact) mass is 244 g/mol. The van der Waals surface area contributed by atoms with E-state index < -0.39 is 11.2 Å². The number of ketones is 1. The molecule has 0 radical (unpaired) electrons. The normalized spacial score (nSPS) is 12.1. The van der Waals surface area contributed by atoms with E-state index in [1.54, 1.807) is 6.07 Å². The number of halogens is 3. The van der Waals surface area contributed by atoms with E-state index >= 15 is 0 Å². The van der Waals surface area contributed by atoms with Crippen LogP contribution in [0.3, 0.4) is 0 Å². The SMILES string of the molecule is Cc1ccc(/C=C/C(=O)C(F)(F)Cl)c(C)c1. The molecule has 1 nitrogen and oxygen atoms in total. The van der Waals surface area contributed by atoms with Crippen molar-refractivity contribution in [1.82, 2.24) is 0 Å². The minimum atomic E-state index is -3.82. The molecule has 0 unspecified atom stereocenters. The Kier molecular flexibility index (Phi) is 3.81. The molecule has 0 fully saturated rings. The quantitative estimate of drug-likeness (QED) is 0.585. The van der Waals surface area contributed by atoms with Crippen LogP contribution < -0.4 is 0 Å². The lowest BCUT2D eigenvalue weighted by atomic mass is 10.1. The number of carbonyl (C=O) groups excluding carboxylic acids is 1. The maximum atomic E-state index is 12.3. The van der Waals surface area contributed by atoms with E-state index in [-0.39, 0.29) is 0 Å². The maximum Gasteiger partial charge on any atom is 0.384 e. The van der Waals surface area contributed by atoms with Gasteiger partial charge < -0.3 is 0 Å². The predicted octanol–water partition coefficient (Wildman–Crippen LogP) is 3.72. The van der Waals surface area contributed by atoms with E-state index in [2.05, 4.69) is 11.6 Å². The molecule has 0 N–H and O–H groups in total. The molecule has 16 heavy (non-hydrogen) atoms. The van der Waals surface area contributed by atoms with Gasteiger partial charge in [0.2, 0.25) is 5.78 Å². The number of alkyl halides is 3. The zero-order valence-corrected chi connectivity index (χ0v) is 9.68. The Hall–Kier alpha value is -1.22. The molecule has 0 saturated heterocycles. The van der Waals surface area contributed by atoms with Gasteiger partial charge in [-0.05, 0) is 42.7 Å². The summed E-state index contributed by atoms with van der Waals surface area (Å²) in [5.41, 5.74) is 2.71. The van der Waals surface area contributed by atoms with Crippen molar-refractivity contribution in [2.24, 2.45) is 0 Å². The minimum absolute atomic E-state index is 0.722. The molecular weight excluding hydrogens is 234 g/mol. The van der Waals surface area contributed by atoms with Gasteiger partial charge in [-0.2, -0.15) is 8.78 Å². The van der Waals surface area contributed by atoms with Crippen LogP contribution in [-0.2, 0) is 4.79 Å². The highest BCUT2D eigenvalue weighted by molar-refractivity contribution is 6.34. The fraction of sp³-hybridized carbons (Fsp3) is 0.250. The number of allylic oxidation sites excluding steroid dienone is 1.